The SMILES string of the molecule is COc1ccc(N2C[C@H](C(=O)Oc3cccc(N4C(=O)[C@H]5CC[C@@H](C)C[C@H]5C4=O)c3)CC2=O)cc1. The number of hydrogen-bond acceptors (Lipinski definition) is 6. The second-order valence-electron chi connectivity index (χ2n) is 9.66. The van der Waals surface area contributed by atoms with E-state index in [0.717, 1.165) is 19.3 Å². The van der Waals surface area contributed by atoms with Gasteiger partial charge in [-0.15, -0.1) is 0 Å². The van der Waals surface area contributed by atoms with E-state index in [1.165, 1.54) is 4.90 Å². The molecule has 1 aliphatic carbocycles. The molecule has 0 N–H and O–H groups in total. The molecule has 3 fully saturated rings. The zero-order valence-electron chi connectivity index (χ0n) is 19.8. The van der Waals surface area contributed by atoms with Crippen LogP contribution in [0.5, 0.6) is 11.5 Å². The maximum absolute atomic E-state index is 13.0. The lowest BCUT2D eigenvalue weighted by atomic mass is 9.76. The quantitative estimate of drug-likeness (QED) is 0.372. The Kier molecular flexibility index (Phi) is 6.05. The zero-order chi connectivity index (χ0) is 24.7. The number of fused-ring (bicyclic) bond motifs is 1. The molecule has 0 bridgehead atoms. The molecule has 0 unspecified atom stereocenters. The third kappa shape index (κ3) is 4.29. The summed E-state index contributed by atoms with van der Waals surface area (Å²) in [6, 6.07) is 13.6. The highest BCUT2D eigenvalue weighted by Crippen LogP contribution is 2.42. The fraction of sp³-hybridized carbons (Fsp3) is 0.407. The van der Waals surface area contributed by atoms with E-state index in [2.05, 4.69) is 6.92 Å². The summed E-state index contributed by atoms with van der Waals surface area (Å²) in [5.41, 5.74) is 1.10. The predicted molar refractivity (Wildman–Crippen MR) is 128 cm³/mol. The minimum absolute atomic E-state index is 0.0508. The molecule has 35 heavy (non-hydrogen) atoms. The van der Waals surface area contributed by atoms with Gasteiger partial charge in [0.1, 0.15) is 11.5 Å². The molecule has 1 saturated carbocycles. The average molecular weight is 477 g/mol. The molecule has 182 valence electrons. The van der Waals surface area contributed by atoms with Gasteiger partial charge in [-0.25, -0.2) is 4.90 Å². The Morgan fingerprint density at radius 1 is 0.914 bits per heavy atom. The molecule has 0 spiro atoms. The van der Waals surface area contributed by atoms with Gasteiger partial charge < -0.3 is 14.4 Å². The van der Waals surface area contributed by atoms with Crippen LogP contribution in [0, 0.1) is 23.7 Å². The Balaban J connectivity index is 1.27. The van der Waals surface area contributed by atoms with Gasteiger partial charge in [-0.2, -0.15) is 0 Å². The lowest BCUT2D eigenvalue weighted by Crippen LogP contribution is -2.31. The Bertz CT molecular complexity index is 1180. The number of imide groups is 1. The minimum atomic E-state index is -0.618. The number of methoxy groups -OCH3 is 1. The van der Waals surface area contributed by atoms with Crippen LogP contribution in [-0.2, 0) is 19.2 Å². The number of hydrogen-bond donors (Lipinski definition) is 0. The molecule has 2 aliphatic heterocycles. The number of anilines is 2. The van der Waals surface area contributed by atoms with Crippen LogP contribution in [0.4, 0.5) is 11.4 Å². The molecule has 2 heterocycles. The summed E-state index contributed by atoms with van der Waals surface area (Å²) in [7, 11) is 1.57. The molecule has 8 nitrogen and oxygen atoms in total. The molecular formula is C27H28N2O6. The molecule has 4 atom stereocenters. The first-order valence-electron chi connectivity index (χ1n) is 12.0. The summed E-state index contributed by atoms with van der Waals surface area (Å²) in [6.07, 6.45) is 2.44. The van der Waals surface area contributed by atoms with Crippen molar-refractivity contribution in [2.45, 2.75) is 32.6 Å². The fourth-order valence-corrected chi connectivity index (χ4v) is 5.41. The third-order valence-corrected chi connectivity index (χ3v) is 7.32. The van der Waals surface area contributed by atoms with Crippen molar-refractivity contribution in [2.24, 2.45) is 23.7 Å². The van der Waals surface area contributed by atoms with Gasteiger partial charge in [-0.3, -0.25) is 19.2 Å². The summed E-state index contributed by atoms with van der Waals surface area (Å²) in [5, 5.41) is 0. The first-order chi connectivity index (χ1) is 16.9. The summed E-state index contributed by atoms with van der Waals surface area (Å²) >= 11 is 0. The summed E-state index contributed by atoms with van der Waals surface area (Å²) in [5.74, 6) is -0.835. The van der Waals surface area contributed by atoms with Crippen LogP contribution in [0.15, 0.2) is 48.5 Å². The highest BCUT2D eigenvalue weighted by molar-refractivity contribution is 6.22. The van der Waals surface area contributed by atoms with E-state index in [1.807, 2.05) is 0 Å². The van der Waals surface area contributed by atoms with Crippen LogP contribution in [0.2, 0.25) is 0 Å². The van der Waals surface area contributed by atoms with E-state index in [9.17, 15) is 19.2 Å². The standard InChI is InChI=1S/C27H28N2O6/c1-16-6-11-22-23(12-16)26(32)29(25(22)31)19-4-3-5-21(14-19)35-27(33)17-13-24(30)28(15-17)18-7-9-20(34-2)10-8-18/h3-5,7-10,14,16-17,22-23H,6,11-13,15H2,1-2H3/t16-,17-,22+,23-/m1/s1. The molecule has 8 heteroatoms. The summed E-state index contributed by atoms with van der Waals surface area (Å²) < 4.78 is 10.7. The molecule has 3 aliphatic rings. The van der Waals surface area contributed by atoms with Crippen LogP contribution < -0.4 is 19.3 Å². The first-order valence-corrected chi connectivity index (χ1v) is 12.0. The predicted octanol–water partition coefficient (Wildman–Crippen LogP) is 3.58. The van der Waals surface area contributed by atoms with Gasteiger partial charge >= 0.3 is 5.97 Å². The number of carbonyl (C=O) groups excluding carboxylic acids is 4. The van der Waals surface area contributed by atoms with Crippen LogP contribution in [0.25, 0.3) is 0 Å². The number of esters is 1. The highest BCUT2D eigenvalue weighted by atomic mass is 16.5. The van der Waals surface area contributed by atoms with E-state index in [-0.39, 0.29) is 48.3 Å². The molecule has 2 aromatic rings. The minimum Gasteiger partial charge on any atom is -0.497 e. The highest BCUT2D eigenvalue weighted by Gasteiger charge is 2.50. The van der Waals surface area contributed by atoms with Crippen molar-refractivity contribution in [1.82, 2.24) is 0 Å². The van der Waals surface area contributed by atoms with E-state index in [1.54, 1.807) is 60.5 Å². The van der Waals surface area contributed by atoms with Crippen LogP contribution in [0.1, 0.15) is 32.6 Å². The molecule has 2 saturated heterocycles. The van der Waals surface area contributed by atoms with Gasteiger partial charge in [0, 0.05) is 24.7 Å². The molecule has 0 radical (unpaired) electrons. The molecular weight excluding hydrogens is 448 g/mol. The van der Waals surface area contributed by atoms with Gasteiger partial charge in [0.15, 0.2) is 0 Å². The monoisotopic (exact) mass is 476 g/mol. The fourth-order valence-electron chi connectivity index (χ4n) is 5.41. The maximum Gasteiger partial charge on any atom is 0.316 e. The summed E-state index contributed by atoms with van der Waals surface area (Å²) in [6.45, 7) is 2.33. The largest absolute Gasteiger partial charge is 0.497 e. The third-order valence-electron chi connectivity index (χ3n) is 7.32. The van der Waals surface area contributed by atoms with Crippen molar-refractivity contribution in [3.05, 3.63) is 48.5 Å². The Labute approximate surface area is 203 Å². The van der Waals surface area contributed by atoms with Gasteiger partial charge in [0.05, 0.1) is 30.6 Å². The number of amides is 3. The summed E-state index contributed by atoms with van der Waals surface area (Å²) in [4.78, 5) is 54.3. The van der Waals surface area contributed by atoms with Gasteiger partial charge in [-0.05, 0) is 61.6 Å². The van der Waals surface area contributed by atoms with Crippen molar-refractivity contribution in [3.63, 3.8) is 0 Å². The molecule has 3 amide bonds. The van der Waals surface area contributed by atoms with E-state index in [0.29, 0.717) is 23.0 Å². The topological polar surface area (TPSA) is 93.2 Å². The number of carbonyl (C=O) groups is 4. The first kappa shape index (κ1) is 23.1. The number of benzene rings is 2. The van der Waals surface area contributed by atoms with Crippen LogP contribution >= 0.6 is 0 Å². The lowest BCUT2D eigenvalue weighted by Gasteiger charge is -2.25. The Morgan fingerprint density at radius 3 is 2.40 bits per heavy atom. The Morgan fingerprint density at radius 2 is 1.66 bits per heavy atom. The van der Waals surface area contributed by atoms with Crippen molar-refractivity contribution in [3.8, 4) is 11.5 Å². The second-order valence-corrected chi connectivity index (χ2v) is 9.66. The Hall–Kier alpha value is -3.68. The number of ether oxygens (including phenoxy) is 2. The van der Waals surface area contributed by atoms with Crippen molar-refractivity contribution >= 4 is 35.1 Å². The molecule has 2 aromatic carbocycles. The van der Waals surface area contributed by atoms with E-state index >= 15 is 0 Å². The zero-order valence-corrected chi connectivity index (χ0v) is 19.8. The second kappa shape index (κ2) is 9.17. The van der Waals surface area contributed by atoms with Crippen molar-refractivity contribution in [2.75, 3.05) is 23.5 Å². The number of rotatable bonds is 5. The van der Waals surface area contributed by atoms with Gasteiger partial charge in [0.25, 0.3) is 0 Å². The smallest absolute Gasteiger partial charge is 0.316 e. The van der Waals surface area contributed by atoms with E-state index < -0.39 is 11.9 Å². The van der Waals surface area contributed by atoms with Crippen molar-refractivity contribution < 1.29 is 28.7 Å². The molecule has 5 rings (SSSR count). The van der Waals surface area contributed by atoms with Crippen molar-refractivity contribution in [1.29, 1.82) is 0 Å². The van der Waals surface area contributed by atoms with Gasteiger partial charge in [-0.1, -0.05) is 13.0 Å². The van der Waals surface area contributed by atoms with E-state index in [4.69, 9.17) is 9.47 Å². The van der Waals surface area contributed by atoms with Gasteiger partial charge in [0.2, 0.25) is 17.7 Å². The van der Waals surface area contributed by atoms with Crippen LogP contribution in [0.3, 0.4) is 0 Å². The van der Waals surface area contributed by atoms with Crippen LogP contribution in [-0.4, -0.2) is 37.3 Å². The number of nitrogens with zero attached hydrogens (tertiary/aromatic N) is 2. The lowest BCUT2D eigenvalue weighted by molar-refractivity contribution is -0.139. The molecule has 0 aromatic heterocycles. The normalized spacial score (nSPS) is 26.2. The maximum atomic E-state index is 13.0. The average Bonchev–Trinajstić information content (AvgIpc) is 3.36.